The molecule has 4 rings (SSSR count). The second kappa shape index (κ2) is 12.4. The van der Waals surface area contributed by atoms with Gasteiger partial charge in [-0.25, -0.2) is 4.98 Å². The van der Waals surface area contributed by atoms with Gasteiger partial charge in [-0.15, -0.1) is 0 Å². The second-order valence-electron chi connectivity index (χ2n) is 9.08. The number of carbonyl (C=O) groups excluding carboxylic acids is 1. The largest absolute Gasteiger partial charge is 0.488 e. The molecule has 0 aliphatic carbocycles. The Labute approximate surface area is 224 Å². The summed E-state index contributed by atoms with van der Waals surface area (Å²) in [5.41, 5.74) is 2.21. The average molecular weight is 539 g/mol. The molecule has 1 aromatic heterocycles. The molecule has 37 heavy (non-hydrogen) atoms. The Balaban J connectivity index is 1.55. The first-order valence-electron chi connectivity index (χ1n) is 12.1. The summed E-state index contributed by atoms with van der Waals surface area (Å²) in [5, 5.41) is 11.1. The van der Waals surface area contributed by atoms with Gasteiger partial charge in [-0.1, -0.05) is 44.3 Å². The van der Waals surface area contributed by atoms with E-state index < -0.39 is 0 Å². The highest BCUT2D eigenvalue weighted by Gasteiger charge is 2.20. The summed E-state index contributed by atoms with van der Waals surface area (Å²) in [4.78, 5) is 23.3. The number of hydrogen-bond donors (Lipinski definition) is 3. The molecular weight excluding hydrogens is 507 g/mol. The van der Waals surface area contributed by atoms with Crippen LogP contribution in [0.3, 0.4) is 0 Å². The number of halogens is 1. The van der Waals surface area contributed by atoms with Gasteiger partial charge in [0.1, 0.15) is 16.9 Å². The number of benzene rings is 2. The molecule has 194 valence electrons. The number of rotatable bonds is 9. The number of hydrogen-bond acceptors (Lipinski definition) is 7. The fraction of sp³-hybridized carbons (Fsp3) is 0.296. The fourth-order valence-electron chi connectivity index (χ4n) is 4.02. The first-order chi connectivity index (χ1) is 17.8. The number of likely N-dealkylation sites (tertiary alicyclic amines) is 1. The Morgan fingerprint density at radius 3 is 2.65 bits per heavy atom. The molecule has 0 spiro atoms. The van der Waals surface area contributed by atoms with Crippen LogP contribution >= 0.6 is 19.5 Å². The van der Waals surface area contributed by atoms with E-state index in [0.717, 1.165) is 31.6 Å². The molecule has 2 aromatic carbocycles. The highest BCUT2D eigenvalue weighted by Crippen LogP contribution is 2.33. The van der Waals surface area contributed by atoms with Crippen molar-refractivity contribution in [2.75, 3.05) is 49.4 Å². The number of ether oxygens (including phenoxy) is 1. The van der Waals surface area contributed by atoms with Gasteiger partial charge < -0.3 is 25.6 Å². The molecule has 1 saturated heterocycles. The van der Waals surface area contributed by atoms with Gasteiger partial charge in [-0.2, -0.15) is 4.98 Å². The maximum absolute atomic E-state index is 12.1. The molecule has 0 radical (unpaired) electrons. The summed E-state index contributed by atoms with van der Waals surface area (Å²) in [6, 6.07) is 13.6. The predicted molar refractivity (Wildman–Crippen MR) is 155 cm³/mol. The minimum Gasteiger partial charge on any atom is -0.488 e. The number of carbonyl (C=O) groups is 1. The molecule has 3 N–H and O–H groups in total. The van der Waals surface area contributed by atoms with Gasteiger partial charge in [0.25, 0.3) is 0 Å². The van der Waals surface area contributed by atoms with Crippen LogP contribution in [0.2, 0.25) is 5.02 Å². The summed E-state index contributed by atoms with van der Waals surface area (Å²) in [7, 11) is 1.79. The van der Waals surface area contributed by atoms with E-state index in [4.69, 9.17) is 16.3 Å². The van der Waals surface area contributed by atoms with Gasteiger partial charge in [0.2, 0.25) is 11.9 Å². The molecule has 0 bridgehead atoms. The number of nitrogens with zero attached hydrogens (tertiary/aromatic N) is 3. The van der Waals surface area contributed by atoms with E-state index in [-0.39, 0.29) is 19.9 Å². The number of aromatic nitrogens is 2. The number of para-hydroxylation sites is 1. The third kappa shape index (κ3) is 7.19. The van der Waals surface area contributed by atoms with Crippen molar-refractivity contribution in [1.29, 1.82) is 0 Å². The van der Waals surface area contributed by atoms with Crippen LogP contribution in [0.25, 0.3) is 0 Å². The second-order valence-corrected chi connectivity index (χ2v) is 11.8. The van der Waals surface area contributed by atoms with E-state index in [0.29, 0.717) is 33.9 Å². The lowest BCUT2D eigenvalue weighted by Gasteiger charge is -2.30. The molecule has 10 heteroatoms. The lowest BCUT2D eigenvalue weighted by atomic mass is 10.1. The number of amides is 1. The smallest absolute Gasteiger partial charge is 0.247 e. The van der Waals surface area contributed by atoms with Gasteiger partial charge in [0.05, 0.1) is 11.9 Å². The third-order valence-electron chi connectivity index (χ3n) is 6.02. The Hall–Kier alpha value is -3.19. The molecule has 8 nitrogen and oxygen atoms in total. The van der Waals surface area contributed by atoms with Gasteiger partial charge >= 0.3 is 0 Å². The molecule has 0 atom stereocenters. The maximum atomic E-state index is 12.1. The molecule has 2 heterocycles. The lowest BCUT2D eigenvalue weighted by molar-refractivity contribution is -0.111. The predicted octanol–water partition coefficient (Wildman–Crippen LogP) is 5.58. The monoisotopic (exact) mass is 538 g/mol. The van der Waals surface area contributed by atoms with Crippen LogP contribution in [-0.2, 0) is 4.79 Å². The van der Waals surface area contributed by atoms with E-state index in [9.17, 15) is 4.79 Å². The van der Waals surface area contributed by atoms with Crippen molar-refractivity contribution in [3.05, 3.63) is 66.3 Å². The van der Waals surface area contributed by atoms with Crippen LogP contribution in [0.15, 0.2) is 61.3 Å². The molecule has 1 amide bonds. The zero-order chi connectivity index (χ0) is 26.4. The molecule has 1 fully saturated rings. The molecule has 0 saturated carbocycles. The van der Waals surface area contributed by atoms with Crippen LogP contribution in [0.5, 0.6) is 5.75 Å². The van der Waals surface area contributed by atoms with Crippen molar-refractivity contribution in [2.24, 2.45) is 0 Å². The van der Waals surface area contributed by atoms with Crippen molar-refractivity contribution >= 4 is 59.6 Å². The van der Waals surface area contributed by atoms with Crippen LogP contribution in [-0.4, -0.2) is 60.3 Å². The van der Waals surface area contributed by atoms with E-state index in [2.05, 4.69) is 63.8 Å². The first-order valence-corrected chi connectivity index (χ1v) is 14.7. The fourth-order valence-corrected chi connectivity index (χ4v) is 5.15. The molecule has 1 aliphatic rings. The average Bonchev–Trinajstić information content (AvgIpc) is 2.89. The minimum atomic E-state index is -0.315. The Bertz CT molecular complexity index is 1260. The first kappa shape index (κ1) is 26.9. The van der Waals surface area contributed by atoms with E-state index in [1.807, 2.05) is 30.3 Å². The summed E-state index contributed by atoms with van der Waals surface area (Å²) in [6.45, 7) is 9.92. The standard InChI is InChI=1S/C27H32ClN6O2P/c1-5-25(35)31-22-16-18(10-11-23(22)36-19-12-14-34(2)15-13-19)30-27-29-17-20(28)26(33-27)32-21-8-6-7-9-24(21)37(3)4/h5-11,16-17,19H,1,12-15H2,2-4H3,(H,31,35)(H2,29,30,32,33). The minimum absolute atomic E-state index is 0.0952. The Morgan fingerprint density at radius 1 is 1.16 bits per heavy atom. The van der Waals surface area contributed by atoms with Gasteiger partial charge in [0.15, 0.2) is 5.82 Å². The van der Waals surface area contributed by atoms with Crippen molar-refractivity contribution < 1.29 is 9.53 Å². The Kier molecular flexibility index (Phi) is 8.98. The summed E-state index contributed by atoms with van der Waals surface area (Å²) >= 11 is 6.42. The summed E-state index contributed by atoms with van der Waals surface area (Å²) in [6.07, 6.45) is 4.75. The molecule has 0 unspecified atom stereocenters. The van der Waals surface area contributed by atoms with Crippen molar-refractivity contribution in [2.45, 2.75) is 18.9 Å². The summed E-state index contributed by atoms with van der Waals surface area (Å²) < 4.78 is 6.26. The SMILES string of the molecule is C=CC(=O)Nc1cc(Nc2ncc(Cl)c(Nc3ccccc3P(C)C)n2)ccc1OC1CCN(C)CC1. The highest BCUT2D eigenvalue weighted by atomic mass is 35.5. The highest BCUT2D eigenvalue weighted by molar-refractivity contribution is 7.64. The zero-order valence-electron chi connectivity index (χ0n) is 21.3. The number of anilines is 5. The Morgan fingerprint density at radius 2 is 1.92 bits per heavy atom. The number of nitrogens with one attached hydrogen (secondary N) is 3. The normalized spacial score (nSPS) is 14.3. The quantitative estimate of drug-likeness (QED) is 0.242. The van der Waals surface area contributed by atoms with Gasteiger partial charge in [-0.3, -0.25) is 4.79 Å². The van der Waals surface area contributed by atoms with Crippen LogP contribution in [0.4, 0.5) is 28.8 Å². The van der Waals surface area contributed by atoms with E-state index >= 15 is 0 Å². The van der Waals surface area contributed by atoms with Crippen molar-refractivity contribution in [3.8, 4) is 5.75 Å². The van der Waals surface area contributed by atoms with E-state index in [1.54, 1.807) is 12.3 Å². The van der Waals surface area contributed by atoms with Crippen molar-refractivity contribution in [1.82, 2.24) is 14.9 Å². The molecule has 1 aliphatic heterocycles. The van der Waals surface area contributed by atoms with Gasteiger partial charge in [-0.05, 0) is 68.9 Å². The lowest BCUT2D eigenvalue weighted by Crippen LogP contribution is -2.35. The van der Waals surface area contributed by atoms with Gasteiger partial charge in [0, 0.05) is 24.5 Å². The van der Waals surface area contributed by atoms with Crippen LogP contribution < -0.4 is 26.0 Å². The van der Waals surface area contributed by atoms with Crippen LogP contribution in [0, 0.1) is 0 Å². The zero-order valence-corrected chi connectivity index (χ0v) is 22.9. The molecule has 3 aromatic rings. The maximum Gasteiger partial charge on any atom is 0.247 e. The van der Waals surface area contributed by atoms with Crippen molar-refractivity contribution in [3.63, 3.8) is 0 Å². The molecular formula is C27H32ClN6O2P. The number of piperidine rings is 1. The third-order valence-corrected chi connectivity index (χ3v) is 7.65. The topological polar surface area (TPSA) is 91.4 Å². The van der Waals surface area contributed by atoms with Crippen LogP contribution in [0.1, 0.15) is 12.8 Å². The summed E-state index contributed by atoms with van der Waals surface area (Å²) in [5.74, 6) is 1.17. The van der Waals surface area contributed by atoms with E-state index in [1.165, 1.54) is 11.4 Å².